The predicted octanol–water partition coefficient (Wildman–Crippen LogP) is 1.67. The monoisotopic (exact) mass is 557 g/mol. The Labute approximate surface area is 236 Å². The fourth-order valence-electron chi connectivity index (χ4n) is 5.29. The molecule has 5 aromatic rings. The summed E-state index contributed by atoms with van der Waals surface area (Å²) in [4.78, 5) is 24.4. The molecule has 1 aliphatic rings. The van der Waals surface area contributed by atoms with E-state index < -0.39 is 5.97 Å². The summed E-state index contributed by atoms with van der Waals surface area (Å²) in [5.41, 5.74) is 9.49. The second kappa shape index (κ2) is 11.8. The number of nitrogens with one attached hydrogen (secondary N) is 1. The third-order valence-corrected chi connectivity index (χ3v) is 7.34. The summed E-state index contributed by atoms with van der Waals surface area (Å²) in [6.07, 6.45) is 9.37. The molecule has 1 atom stereocenters. The number of nitrogens with zero attached hydrogens (tertiary/aromatic N) is 8. The smallest absolute Gasteiger partial charge is 0.319 e. The van der Waals surface area contributed by atoms with Crippen molar-refractivity contribution >= 4 is 34.3 Å². The van der Waals surface area contributed by atoms with Crippen LogP contribution in [0.2, 0.25) is 0 Å². The number of esters is 1. The highest BCUT2D eigenvalue weighted by Crippen LogP contribution is 2.30. The molecule has 0 saturated carbocycles. The maximum absolute atomic E-state index is 11.6. The minimum Gasteiger partial charge on any atom is -0.465 e. The predicted molar refractivity (Wildman–Crippen MR) is 151 cm³/mol. The van der Waals surface area contributed by atoms with Gasteiger partial charge in [-0.05, 0) is 37.5 Å². The molecular weight excluding hydrogens is 524 g/mol. The first-order valence-corrected chi connectivity index (χ1v) is 13.7. The topological polar surface area (TPSA) is 142 Å². The van der Waals surface area contributed by atoms with Gasteiger partial charge in [0.1, 0.15) is 29.9 Å². The quantitative estimate of drug-likeness (QED) is 0.192. The summed E-state index contributed by atoms with van der Waals surface area (Å²) in [6, 6.07) is 14.0. The van der Waals surface area contributed by atoms with E-state index in [0.29, 0.717) is 25.2 Å². The summed E-state index contributed by atoms with van der Waals surface area (Å²) in [5.74, 6) is 1.21. The summed E-state index contributed by atoms with van der Waals surface area (Å²) in [6.45, 7) is 1.60. The summed E-state index contributed by atoms with van der Waals surface area (Å²) in [7, 11) is 1.63. The van der Waals surface area contributed by atoms with E-state index in [1.807, 2.05) is 54.9 Å². The lowest BCUT2D eigenvalue weighted by Crippen LogP contribution is -2.41. The van der Waals surface area contributed by atoms with Crippen LogP contribution in [0.3, 0.4) is 0 Å². The Bertz CT molecular complexity index is 1670. The zero-order valence-corrected chi connectivity index (χ0v) is 22.9. The molecule has 212 valence electrons. The van der Waals surface area contributed by atoms with E-state index in [4.69, 9.17) is 25.4 Å². The first-order chi connectivity index (χ1) is 20.1. The van der Waals surface area contributed by atoms with Crippen LogP contribution in [0.4, 0.5) is 11.6 Å². The number of carbonyl (C=O) groups is 1. The number of ether oxygens (including phenoxy) is 1. The van der Waals surface area contributed by atoms with Gasteiger partial charge in [0.05, 0.1) is 24.9 Å². The third kappa shape index (κ3) is 5.48. The number of fused-ring (bicyclic) bond motifs is 2. The van der Waals surface area contributed by atoms with Crippen molar-refractivity contribution in [2.75, 3.05) is 37.0 Å². The maximum Gasteiger partial charge on any atom is 0.319 e. The van der Waals surface area contributed by atoms with Crippen LogP contribution in [0.15, 0.2) is 61.1 Å². The van der Waals surface area contributed by atoms with E-state index in [0.717, 1.165) is 59.7 Å². The lowest BCUT2D eigenvalue weighted by Gasteiger charge is -2.37. The maximum atomic E-state index is 11.6. The molecule has 1 aliphatic heterocycles. The van der Waals surface area contributed by atoms with Crippen LogP contribution in [-0.2, 0) is 16.1 Å². The van der Waals surface area contributed by atoms with Gasteiger partial charge < -0.3 is 20.7 Å². The summed E-state index contributed by atoms with van der Waals surface area (Å²) >= 11 is 0. The van der Waals surface area contributed by atoms with Gasteiger partial charge in [-0.15, -0.1) is 5.10 Å². The zero-order chi connectivity index (χ0) is 28.2. The second-order valence-electron chi connectivity index (χ2n) is 9.92. The number of hydrogen-bond acceptors (Lipinski definition) is 10. The Morgan fingerprint density at radius 1 is 1.22 bits per heavy atom. The van der Waals surface area contributed by atoms with Crippen LogP contribution in [0, 0.1) is 0 Å². The highest BCUT2D eigenvalue weighted by Gasteiger charge is 2.26. The Hall–Kier alpha value is -4.78. The van der Waals surface area contributed by atoms with Gasteiger partial charge in [-0.3, -0.25) is 9.63 Å². The number of hydrogen-bond donors (Lipinski definition) is 2. The average Bonchev–Trinajstić information content (AvgIpc) is 3.64. The zero-order valence-electron chi connectivity index (χ0n) is 22.9. The van der Waals surface area contributed by atoms with Crippen LogP contribution in [0.1, 0.15) is 31.2 Å². The van der Waals surface area contributed by atoms with Gasteiger partial charge >= 0.3 is 5.97 Å². The van der Waals surface area contributed by atoms with Gasteiger partial charge in [0.2, 0.25) is 12.4 Å². The first-order valence-electron chi connectivity index (χ1n) is 13.7. The van der Waals surface area contributed by atoms with Crippen molar-refractivity contribution in [3.63, 3.8) is 0 Å². The van der Waals surface area contributed by atoms with E-state index in [1.165, 1.54) is 0 Å². The van der Waals surface area contributed by atoms with Crippen LogP contribution >= 0.6 is 0 Å². The third-order valence-electron chi connectivity index (χ3n) is 7.34. The molecule has 13 heteroatoms. The number of aromatic nitrogens is 7. The standard InChI is InChI=1S/C28H33N10O3/c1-40-35-12-6-7-20(19-35)17-30-25-15-26(36-13-5-4-8-21(36)11-14-41-27(39)16-29)32-28-24(18-31-38(25)28)37-23-10-3-2-9-22(23)33-34-37/h2-3,6-7,9-10,12,15,18-19,21,30H,4-5,8,11,13-14,16-17,29H2,1H3/q+1/t21-/m0/s1. The van der Waals surface area contributed by atoms with Crippen molar-refractivity contribution < 1.29 is 19.1 Å². The lowest BCUT2D eigenvalue weighted by atomic mass is 9.99. The van der Waals surface area contributed by atoms with E-state index in [1.54, 1.807) is 27.2 Å². The normalized spacial score (nSPS) is 15.4. The van der Waals surface area contributed by atoms with Crippen molar-refractivity contribution in [3.8, 4) is 5.69 Å². The number of para-hydroxylation sites is 1. The Morgan fingerprint density at radius 3 is 3.00 bits per heavy atom. The van der Waals surface area contributed by atoms with Gasteiger partial charge in [0.15, 0.2) is 5.65 Å². The number of piperidine rings is 1. The Balaban J connectivity index is 1.39. The molecule has 5 heterocycles. The molecule has 3 N–H and O–H groups in total. The molecule has 0 bridgehead atoms. The van der Waals surface area contributed by atoms with Crippen molar-refractivity contribution in [2.24, 2.45) is 5.73 Å². The van der Waals surface area contributed by atoms with Crippen molar-refractivity contribution in [2.45, 2.75) is 38.3 Å². The van der Waals surface area contributed by atoms with Crippen LogP contribution < -0.4 is 25.5 Å². The minimum atomic E-state index is -0.391. The molecule has 1 saturated heterocycles. The van der Waals surface area contributed by atoms with E-state index in [9.17, 15) is 4.79 Å². The molecule has 4 aromatic heterocycles. The van der Waals surface area contributed by atoms with Crippen LogP contribution in [0.5, 0.6) is 0 Å². The number of carbonyl (C=O) groups excluding carboxylic acids is 1. The number of nitrogens with two attached hydrogens (primary N) is 1. The SMILES string of the molecule is CO[n+]1cccc(CNc2cc(N3CCCC[C@H]3CCOC(=O)CN)nc3c(-n4nnc5ccccc54)cnn23)c1. The van der Waals surface area contributed by atoms with Crippen LogP contribution in [0.25, 0.3) is 22.4 Å². The largest absolute Gasteiger partial charge is 0.465 e. The number of pyridine rings is 1. The molecule has 0 amide bonds. The molecule has 1 fully saturated rings. The van der Waals surface area contributed by atoms with E-state index in [-0.39, 0.29) is 12.6 Å². The minimum absolute atomic E-state index is 0.117. The van der Waals surface area contributed by atoms with Gasteiger partial charge in [0, 0.05) is 48.0 Å². The van der Waals surface area contributed by atoms with Crippen molar-refractivity contribution in [1.82, 2.24) is 29.6 Å². The molecule has 0 spiro atoms. The van der Waals surface area contributed by atoms with Gasteiger partial charge in [-0.2, -0.15) is 9.61 Å². The van der Waals surface area contributed by atoms with E-state index in [2.05, 4.69) is 20.5 Å². The van der Waals surface area contributed by atoms with Gasteiger partial charge in [-0.1, -0.05) is 17.3 Å². The average molecular weight is 558 g/mol. The molecule has 6 rings (SSSR count). The number of rotatable bonds is 10. The number of benzene rings is 1. The van der Waals surface area contributed by atoms with Gasteiger partial charge in [0.25, 0.3) is 0 Å². The van der Waals surface area contributed by atoms with Gasteiger partial charge in [-0.25, -0.2) is 9.67 Å². The fourth-order valence-corrected chi connectivity index (χ4v) is 5.29. The second-order valence-corrected chi connectivity index (χ2v) is 9.92. The Morgan fingerprint density at radius 2 is 2.12 bits per heavy atom. The molecule has 13 nitrogen and oxygen atoms in total. The van der Waals surface area contributed by atoms with Crippen molar-refractivity contribution in [3.05, 3.63) is 66.6 Å². The lowest BCUT2D eigenvalue weighted by molar-refractivity contribution is -0.885. The molecular formula is C28H33N10O3+. The molecule has 0 radical (unpaired) electrons. The highest BCUT2D eigenvalue weighted by molar-refractivity contribution is 5.78. The fraction of sp³-hybridized carbons (Fsp3) is 0.357. The summed E-state index contributed by atoms with van der Waals surface area (Å²) < 4.78 is 10.5. The van der Waals surface area contributed by atoms with Crippen molar-refractivity contribution in [1.29, 1.82) is 0 Å². The highest BCUT2D eigenvalue weighted by atomic mass is 16.6. The first kappa shape index (κ1) is 26.4. The molecule has 0 aliphatic carbocycles. The molecule has 0 unspecified atom stereocenters. The Kier molecular flexibility index (Phi) is 7.58. The molecule has 41 heavy (non-hydrogen) atoms. The number of anilines is 2. The van der Waals surface area contributed by atoms with E-state index >= 15 is 0 Å². The molecule has 1 aromatic carbocycles. The summed E-state index contributed by atoms with van der Waals surface area (Å²) in [5, 5.41) is 17.0. The van der Waals surface area contributed by atoms with Crippen LogP contribution in [-0.4, -0.2) is 68.4 Å².